The zero-order chi connectivity index (χ0) is 19.0. The summed E-state index contributed by atoms with van der Waals surface area (Å²) in [5.74, 6) is -0.782. The number of benzene rings is 1. The van der Waals surface area contributed by atoms with E-state index in [0.717, 1.165) is 19.3 Å². The lowest BCUT2D eigenvalue weighted by atomic mass is 10.1. The van der Waals surface area contributed by atoms with Gasteiger partial charge in [0.1, 0.15) is 0 Å². The molecule has 0 unspecified atom stereocenters. The molecular formula is C22H34O4. The molecule has 0 heterocycles. The lowest BCUT2D eigenvalue weighted by Crippen LogP contribution is -2.10. The van der Waals surface area contributed by atoms with Crippen LogP contribution in [-0.4, -0.2) is 25.2 Å². The second-order valence-electron chi connectivity index (χ2n) is 6.68. The summed E-state index contributed by atoms with van der Waals surface area (Å²) < 4.78 is 10.4. The van der Waals surface area contributed by atoms with Crippen LogP contribution in [0.1, 0.15) is 98.8 Å². The van der Waals surface area contributed by atoms with E-state index in [-0.39, 0.29) is 5.97 Å². The van der Waals surface area contributed by atoms with Gasteiger partial charge in [0.15, 0.2) is 0 Å². The van der Waals surface area contributed by atoms with Crippen molar-refractivity contribution >= 4 is 11.9 Å². The number of carbonyl (C=O) groups is 2. The van der Waals surface area contributed by atoms with Gasteiger partial charge < -0.3 is 9.47 Å². The first-order valence-corrected chi connectivity index (χ1v) is 10.1. The van der Waals surface area contributed by atoms with Crippen LogP contribution in [0.2, 0.25) is 0 Å². The zero-order valence-corrected chi connectivity index (χ0v) is 16.4. The second-order valence-corrected chi connectivity index (χ2v) is 6.68. The van der Waals surface area contributed by atoms with Crippen LogP contribution in [-0.2, 0) is 9.47 Å². The third-order valence-corrected chi connectivity index (χ3v) is 4.25. The van der Waals surface area contributed by atoms with E-state index in [1.807, 2.05) is 6.92 Å². The Morgan fingerprint density at radius 2 is 1.19 bits per heavy atom. The molecule has 146 valence electrons. The molecule has 0 aliphatic rings. The van der Waals surface area contributed by atoms with E-state index in [2.05, 4.69) is 6.92 Å². The van der Waals surface area contributed by atoms with Crippen LogP contribution >= 0.6 is 0 Å². The standard InChI is InChI=1S/C22H34O4/c1-3-5-6-7-8-9-10-11-12-17-26-22(24)20-15-13-14-19(18-20)21(23)25-16-4-2/h13-15,18H,3-12,16-17H2,1-2H3. The Morgan fingerprint density at radius 1 is 0.692 bits per heavy atom. The summed E-state index contributed by atoms with van der Waals surface area (Å²) in [6.45, 7) is 4.98. The molecule has 0 spiro atoms. The van der Waals surface area contributed by atoms with Gasteiger partial charge in [-0.05, 0) is 31.0 Å². The summed E-state index contributed by atoms with van der Waals surface area (Å²) in [7, 11) is 0. The van der Waals surface area contributed by atoms with Crippen molar-refractivity contribution in [3.05, 3.63) is 35.4 Å². The van der Waals surface area contributed by atoms with Gasteiger partial charge in [0, 0.05) is 0 Å². The van der Waals surface area contributed by atoms with Crippen molar-refractivity contribution in [2.75, 3.05) is 13.2 Å². The van der Waals surface area contributed by atoms with Crippen LogP contribution in [0, 0.1) is 0 Å². The number of ether oxygens (including phenoxy) is 2. The Bertz CT molecular complexity index is 525. The molecule has 26 heavy (non-hydrogen) atoms. The van der Waals surface area contributed by atoms with E-state index in [4.69, 9.17) is 9.47 Å². The summed E-state index contributed by atoms with van der Waals surface area (Å²) in [6, 6.07) is 6.53. The first kappa shape index (κ1) is 22.2. The van der Waals surface area contributed by atoms with Gasteiger partial charge in [-0.15, -0.1) is 0 Å². The first-order valence-electron chi connectivity index (χ1n) is 10.1. The smallest absolute Gasteiger partial charge is 0.338 e. The number of carbonyl (C=O) groups excluding carboxylic acids is 2. The molecule has 1 aromatic rings. The van der Waals surface area contributed by atoms with Gasteiger partial charge in [-0.1, -0.05) is 71.3 Å². The highest BCUT2D eigenvalue weighted by Gasteiger charge is 2.12. The van der Waals surface area contributed by atoms with Crippen LogP contribution in [0.3, 0.4) is 0 Å². The molecule has 0 amide bonds. The van der Waals surface area contributed by atoms with E-state index in [0.29, 0.717) is 24.3 Å². The van der Waals surface area contributed by atoms with Crippen molar-refractivity contribution in [3.63, 3.8) is 0 Å². The Labute approximate surface area is 158 Å². The quantitative estimate of drug-likeness (QED) is 0.303. The summed E-state index contributed by atoms with van der Waals surface area (Å²) in [4.78, 5) is 23.9. The Morgan fingerprint density at radius 3 is 1.73 bits per heavy atom. The summed E-state index contributed by atoms with van der Waals surface area (Å²) in [6.07, 6.45) is 11.8. The number of esters is 2. The first-order chi connectivity index (χ1) is 12.7. The molecular weight excluding hydrogens is 328 g/mol. The second kappa shape index (κ2) is 14.3. The molecule has 0 aromatic heterocycles. The monoisotopic (exact) mass is 362 g/mol. The minimum atomic E-state index is -0.402. The number of rotatable bonds is 14. The third-order valence-electron chi connectivity index (χ3n) is 4.25. The van der Waals surface area contributed by atoms with Crippen molar-refractivity contribution < 1.29 is 19.1 Å². The molecule has 0 aliphatic carbocycles. The molecule has 0 radical (unpaired) electrons. The predicted octanol–water partition coefficient (Wildman–Crippen LogP) is 5.94. The lowest BCUT2D eigenvalue weighted by molar-refractivity contribution is 0.0497. The molecule has 1 aromatic carbocycles. The van der Waals surface area contributed by atoms with Crippen LogP contribution in [0.15, 0.2) is 24.3 Å². The van der Waals surface area contributed by atoms with Crippen molar-refractivity contribution in [2.24, 2.45) is 0 Å². The van der Waals surface area contributed by atoms with Gasteiger partial charge in [-0.25, -0.2) is 9.59 Å². The van der Waals surface area contributed by atoms with Crippen molar-refractivity contribution in [3.8, 4) is 0 Å². The van der Waals surface area contributed by atoms with Crippen molar-refractivity contribution in [2.45, 2.75) is 78.1 Å². The normalized spacial score (nSPS) is 10.5. The van der Waals surface area contributed by atoms with Crippen LogP contribution < -0.4 is 0 Å². The average molecular weight is 363 g/mol. The topological polar surface area (TPSA) is 52.6 Å². The molecule has 0 fully saturated rings. The molecule has 0 atom stereocenters. The van der Waals surface area contributed by atoms with E-state index >= 15 is 0 Å². The SMILES string of the molecule is CCCCCCCCCCCOC(=O)c1cccc(C(=O)OCCC)c1. The van der Waals surface area contributed by atoms with Gasteiger partial charge >= 0.3 is 11.9 Å². The van der Waals surface area contributed by atoms with E-state index in [1.54, 1.807) is 18.2 Å². The molecule has 0 saturated carbocycles. The fraction of sp³-hybridized carbons (Fsp3) is 0.636. The molecule has 0 N–H and O–H groups in total. The molecule has 0 saturated heterocycles. The summed E-state index contributed by atoms with van der Waals surface area (Å²) >= 11 is 0. The highest BCUT2D eigenvalue weighted by Crippen LogP contribution is 2.11. The minimum absolute atomic E-state index is 0.380. The van der Waals surface area contributed by atoms with Gasteiger partial charge in [0.25, 0.3) is 0 Å². The number of unbranched alkanes of at least 4 members (excludes halogenated alkanes) is 8. The molecule has 4 nitrogen and oxygen atoms in total. The van der Waals surface area contributed by atoms with Gasteiger partial charge in [-0.3, -0.25) is 0 Å². The van der Waals surface area contributed by atoms with E-state index in [1.165, 1.54) is 51.0 Å². The Kier molecular flexibility index (Phi) is 12.2. The minimum Gasteiger partial charge on any atom is -0.462 e. The fourth-order valence-corrected chi connectivity index (χ4v) is 2.71. The summed E-state index contributed by atoms with van der Waals surface area (Å²) in [5.41, 5.74) is 0.780. The van der Waals surface area contributed by atoms with Gasteiger partial charge in [0.05, 0.1) is 24.3 Å². The predicted molar refractivity (Wildman–Crippen MR) is 105 cm³/mol. The summed E-state index contributed by atoms with van der Waals surface area (Å²) in [5, 5.41) is 0. The maximum atomic E-state index is 12.1. The Hall–Kier alpha value is -1.84. The number of hydrogen-bond donors (Lipinski definition) is 0. The van der Waals surface area contributed by atoms with Crippen molar-refractivity contribution in [1.82, 2.24) is 0 Å². The van der Waals surface area contributed by atoms with Crippen molar-refractivity contribution in [1.29, 1.82) is 0 Å². The van der Waals surface area contributed by atoms with Crippen LogP contribution in [0.5, 0.6) is 0 Å². The van der Waals surface area contributed by atoms with Gasteiger partial charge in [0.2, 0.25) is 0 Å². The van der Waals surface area contributed by atoms with Gasteiger partial charge in [-0.2, -0.15) is 0 Å². The molecule has 1 rings (SSSR count). The number of hydrogen-bond acceptors (Lipinski definition) is 4. The highest BCUT2D eigenvalue weighted by atomic mass is 16.5. The zero-order valence-electron chi connectivity index (χ0n) is 16.4. The molecule has 0 bridgehead atoms. The fourth-order valence-electron chi connectivity index (χ4n) is 2.71. The molecule has 0 aliphatic heterocycles. The van der Waals surface area contributed by atoms with Crippen LogP contribution in [0.25, 0.3) is 0 Å². The maximum Gasteiger partial charge on any atom is 0.338 e. The lowest BCUT2D eigenvalue weighted by Gasteiger charge is -2.07. The molecule has 4 heteroatoms. The van der Waals surface area contributed by atoms with E-state index in [9.17, 15) is 9.59 Å². The highest BCUT2D eigenvalue weighted by molar-refractivity contribution is 5.95. The maximum absolute atomic E-state index is 12.1. The average Bonchev–Trinajstić information content (AvgIpc) is 2.67. The van der Waals surface area contributed by atoms with Crippen LogP contribution in [0.4, 0.5) is 0 Å². The largest absolute Gasteiger partial charge is 0.462 e. The third kappa shape index (κ3) is 9.59. The van der Waals surface area contributed by atoms with E-state index < -0.39 is 5.97 Å². The Balaban J connectivity index is 2.20.